The molecule has 0 aliphatic heterocycles. The van der Waals surface area contributed by atoms with E-state index in [9.17, 15) is 14.0 Å². The van der Waals surface area contributed by atoms with Crippen molar-refractivity contribution in [3.8, 4) is 10.6 Å². The van der Waals surface area contributed by atoms with Gasteiger partial charge in [0.1, 0.15) is 22.3 Å². The van der Waals surface area contributed by atoms with E-state index in [4.69, 9.17) is 4.74 Å². The third kappa shape index (κ3) is 5.21. The van der Waals surface area contributed by atoms with Crippen molar-refractivity contribution >= 4 is 45.4 Å². The Morgan fingerprint density at radius 2 is 1.76 bits per heavy atom. The van der Waals surface area contributed by atoms with Crippen LogP contribution in [0.5, 0.6) is 0 Å². The third-order valence-corrected chi connectivity index (χ3v) is 7.13. The Balaban J connectivity index is 1.45. The maximum absolute atomic E-state index is 13.2. The number of carbonyl (C=O) groups is 2. The molecule has 0 aliphatic rings. The van der Waals surface area contributed by atoms with Crippen molar-refractivity contribution in [2.45, 2.75) is 33.8 Å². The van der Waals surface area contributed by atoms with Gasteiger partial charge in [-0.15, -0.1) is 22.7 Å². The van der Waals surface area contributed by atoms with Gasteiger partial charge in [-0.25, -0.2) is 19.2 Å². The summed E-state index contributed by atoms with van der Waals surface area (Å²) >= 11 is 2.50. The molecular weight excluding hydrogens is 473 g/mol. The number of anilines is 2. The number of halogens is 1. The molecule has 0 fully saturated rings. The fourth-order valence-corrected chi connectivity index (χ4v) is 5.12. The quantitative estimate of drug-likeness (QED) is 0.281. The van der Waals surface area contributed by atoms with Crippen LogP contribution in [0.25, 0.3) is 10.6 Å². The molecule has 4 rings (SSSR count). The van der Waals surface area contributed by atoms with Crippen molar-refractivity contribution in [3.05, 3.63) is 81.6 Å². The highest BCUT2D eigenvalue weighted by Gasteiger charge is 2.20. The highest BCUT2D eigenvalue weighted by molar-refractivity contribution is 7.17. The van der Waals surface area contributed by atoms with Crippen LogP contribution in [0.15, 0.2) is 53.9 Å². The summed E-state index contributed by atoms with van der Waals surface area (Å²) in [6.45, 7) is 5.26. The van der Waals surface area contributed by atoms with Crippen molar-refractivity contribution in [3.63, 3.8) is 0 Å². The predicted octanol–water partition coefficient (Wildman–Crippen LogP) is 6.32. The summed E-state index contributed by atoms with van der Waals surface area (Å²) in [7, 11) is 0. The van der Waals surface area contributed by atoms with Gasteiger partial charge >= 0.3 is 5.97 Å². The van der Waals surface area contributed by atoms with Gasteiger partial charge in [-0.1, -0.05) is 19.1 Å². The van der Waals surface area contributed by atoms with E-state index in [0.29, 0.717) is 26.4 Å². The average molecular weight is 496 g/mol. The fraction of sp³-hybridized carbons (Fsp3) is 0.200. The molecule has 6 nitrogen and oxygen atoms in total. The molecule has 0 atom stereocenters. The van der Waals surface area contributed by atoms with Gasteiger partial charge in [0, 0.05) is 17.9 Å². The number of carbonyl (C=O) groups excluding carboxylic acids is 2. The molecule has 0 saturated carbocycles. The summed E-state index contributed by atoms with van der Waals surface area (Å²) in [6.07, 6.45) is 0.914. The molecule has 174 valence electrons. The summed E-state index contributed by atoms with van der Waals surface area (Å²) in [5.41, 5.74) is 3.74. The Morgan fingerprint density at radius 3 is 2.41 bits per heavy atom. The molecule has 9 heteroatoms. The molecule has 0 aliphatic carbocycles. The number of hydrogen-bond acceptors (Lipinski definition) is 7. The first-order chi connectivity index (χ1) is 16.4. The van der Waals surface area contributed by atoms with E-state index < -0.39 is 5.97 Å². The minimum atomic E-state index is -0.503. The van der Waals surface area contributed by atoms with Crippen molar-refractivity contribution < 1.29 is 18.7 Å². The Labute approximate surface area is 204 Å². The van der Waals surface area contributed by atoms with Crippen LogP contribution in [0, 0.1) is 12.7 Å². The Bertz CT molecular complexity index is 1310. The lowest BCUT2D eigenvalue weighted by molar-refractivity contribution is -0.115. The zero-order valence-corrected chi connectivity index (χ0v) is 20.5. The molecule has 0 radical (unpaired) electrons. The molecule has 0 unspecified atom stereocenters. The van der Waals surface area contributed by atoms with E-state index in [1.54, 1.807) is 24.4 Å². The molecule has 0 N–H and O–H groups in total. The number of aryl methyl sites for hydroxylation is 2. The molecule has 4 aromatic rings. The van der Waals surface area contributed by atoms with Crippen LogP contribution in [0.3, 0.4) is 0 Å². The predicted molar refractivity (Wildman–Crippen MR) is 132 cm³/mol. The van der Waals surface area contributed by atoms with Crippen molar-refractivity contribution in [2.75, 3.05) is 4.90 Å². The van der Waals surface area contributed by atoms with Crippen molar-refractivity contribution in [2.24, 2.45) is 0 Å². The molecule has 2 heterocycles. The first-order valence-electron chi connectivity index (χ1n) is 10.6. The Morgan fingerprint density at radius 1 is 1.06 bits per heavy atom. The molecule has 0 bridgehead atoms. The topological polar surface area (TPSA) is 72.4 Å². The maximum atomic E-state index is 13.2. The number of nitrogens with zero attached hydrogens (tertiary/aromatic N) is 3. The SMILES string of the molecule is CCc1ccc(N(C(C)=O)c2nc(COC(=O)c3sc(-c4ccc(F)cc4)nc3C)cs2)cc1. The summed E-state index contributed by atoms with van der Waals surface area (Å²) in [5.74, 6) is -0.993. The van der Waals surface area contributed by atoms with Gasteiger partial charge in [0.25, 0.3) is 0 Å². The lowest BCUT2D eigenvalue weighted by atomic mass is 10.1. The summed E-state index contributed by atoms with van der Waals surface area (Å²) in [5, 5.41) is 2.89. The molecule has 2 aromatic heterocycles. The summed E-state index contributed by atoms with van der Waals surface area (Å²) < 4.78 is 18.6. The highest BCUT2D eigenvalue weighted by Crippen LogP contribution is 2.31. The number of aromatic nitrogens is 2. The van der Waals surface area contributed by atoms with Crippen LogP contribution in [-0.4, -0.2) is 21.8 Å². The van der Waals surface area contributed by atoms with Crippen LogP contribution in [0.1, 0.15) is 40.5 Å². The van der Waals surface area contributed by atoms with Crippen LogP contribution in [-0.2, 0) is 22.6 Å². The molecule has 34 heavy (non-hydrogen) atoms. The second-order valence-electron chi connectivity index (χ2n) is 7.51. The second kappa shape index (κ2) is 10.2. The fourth-order valence-electron chi connectivity index (χ4n) is 3.28. The summed E-state index contributed by atoms with van der Waals surface area (Å²) in [6, 6.07) is 13.7. The van der Waals surface area contributed by atoms with Gasteiger partial charge in [0.05, 0.1) is 17.1 Å². The smallest absolute Gasteiger partial charge is 0.350 e. The zero-order chi connectivity index (χ0) is 24.2. The van der Waals surface area contributed by atoms with Gasteiger partial charge < -0.3 is 4.74 Å². The largest absolute Gasteiger partial charge is 0.455 e. The monoisotopic (exact) mass is 495 g/mol. The van der Waals surface area contributed by atoms with E-state index >= 15 is 0 Å². The van der Waals surface area contributed by atoms with E-state index in [1.807, 2.05) is 24.3 Å². The van der Waals surface area contributed by atoms with Crippen LogP contribution in [0.4, 0.5) is 15.2 Å². The molecule has 0 spiro atoms. The minimum absolute atomic E-state index is 0.0287. The molecule has 1 amide bonds. The maximum Gasteiger partial charge on any atom is 0.350 e. The van der Waals surface area contributed by atoms with E-state index in [0.717, 1.165) is 17.7 Å². The standard InChI is InChI=1S/C25H22FN3O3S2/c1-4-17-5-11-21(12-6-17)29(16(3)30)25-28-20(14-33-25)13-32-24(31)22-15(2)27-23(34-22)18-7-9-19(26)10-8-18/h5-12,14H,4,13H2,1-3H3. The molecule has 0 saturated heterocycles. The zero-order valence-electron chi connectivity index (χ0n) is 18.9. The van der Waals surface area contributed by atoms with Crippen LogP contribution >= 0.6 is 22.7 Å². The first kappa shape index (κ1) is 23.7. The lowest BCUT2D eigenvalue weighted by Gasteiger charge is -2.18. The first-order valence-corrected chi connectivity index (χ1v) is 12.3. The van der Waals surface area contributed by atoms with E-state index in [1.165, 1.54) is 52.2 Å². The second-order valence-corrected chi connectivity index (χ2v) is 9.35. The molecule has 2 aromatic carbocycles. The van der Waals surface area contributed by atoms with Crippen LogP contribution < -0.4 is 4.90 Å². The van der Waals surface area contributed by atoms with Crippen molar-refractivity contribution in [1.82, 2.24) is 9.97 Å². The minimum Gasteiger partial charge on any atom is -0.455 e. The highest BCUT2D eigenvalue weighted by atomic mass is 32.1. The number of hydrogen-bond donors (Lipinski definition) is 0. The van der Waals surface area contributed by atoms with Gasteiger partial charge in [-0.05, 0) is 55.3 Å². The van der Waals surface area contributed by atoms with E-state index in [2.05, 4.69) is 16.9 Å². The van der Waals surface area contributed by atoms with Crippen molar-refractivity contribution in [1.29, 1.82) is 0 Å². The lowest BCUT2D eigenvalue weighted by Crippen LogP contribution is -2.22. The number of thiazole rings is 2. The van der Waals surface area contributed by atoms with Gasteiger partial charge in [0.2, 0.25) is 5.91 Å². The number of rotatable bonds is 7. The van der Waals surface area contributed by atoms with Gasteiger partial charge in [-0.2, -0.15) is 0 Å². The number of amides is 1. The number of benzene rings is 2. The van der Waals surface area contributed by atoms with Crippen LogP contribution in [0.2, 0.25) is 0 Å². The van der Waals surface area contributed by atoms with Gasteiger partial charge in [0.15, 0.2) is 5.13 Å². The normalized spacial score (nSPS) is 10.8. The Kier molecular flexibility index (Phi) is 7.14. The Hall–Kier alpha value is -3.43. The number of esters is 1. The van der Waals surface area contributed by atoms with E-state index in [-0.39, 0.29) is 18.3 Å². The third-order valence-electron chi connectivity index (χ3n) is 5.07. The average Bonchev–Trinajstić information content (AvgIpc) is 3.45. The summed E-state index contributed by atoms with van der Waals surface area (Å²) in [4.78, 5) is 35.8. The van der Waals surface area contributed by atoms with Gasteiger partial charge in [-0.3, -0.25) is 9.69 Å². The number of ether oxygens (including phenoxy) is 1. The molecular formula is C25H22FN3O3S2.